The number of nitrogens with one attached hydrogen (secondary N) is 1. The lowest BCUT2D eigenvalue weighted by Gasteiger charge is -2.12. The third-order valence-electron chi connectivity index (χ3n) is 5.27. The fourth-order valence-corrected chi connectivity index (χ4v) is 4.46. The zero-order valence-corrected chi connectivity index (χ0v) is 22.3. The summed E-state index contributed by atoms with van der Waals surface area (Å²) in [6, 6.07) is 24.9. The fraction of sp³-hybridized carbons (Fsp3) is 0.107. The second kappa shape index (κ2) is 15.0. The van der Waals surface area contributed by atoms with Gasteiger partial charge in [0.15, 0.2) is 0 Å². The van der Waals surface area contributed by atoms with Gasteiger partial charge in [-0.15, -0.1) is 11.8 Å². The lowest BCUT2D eigenvalue weighted by Crippen LogP contribution is -2.35. The number of hydrogen-bond acceptors (Lipinski definition) is 9. The van der Waals surface area contributed by atoms with E-state index < -0.39 is 33.4 Å². The molecule has 11 nitrogen and oxygen atoms in total. The second-order valence-corrected chi connectivity index (χ2v) is 9.09. The van der Waals surface area contributed by atoms with Crippen molar-refractivity contribution in [2.24, 2.45) is 0 Å². The molecule has 41 heavy (non-hydrogen) atoms. The zero-order valence-electron chi connectivity index (χ0n) is 21.5. The average molecular weight is 582 g/mol. The number of thioether (sulfide) groups is 1. The van der Waals surface area contributed by atoms with Crippen LogP contribution in [0.3, 0.4) is 0 Å². The van der Waals surface area contributed by atoms with E-state index in [-0.39, 0.29) is 22.9 Å². The zero-order chi connectivity index (χ0) is 29.8. The summed E-state index contributed by atoms with van der Waals surface area (Å²) in [4.78, 5) is 32.3. The second-order valence-electron chi connectivity index (χ2n) is 8.02. The molecule has 2 N–H and O–H groups in total. The van der Waals surface area contributed by atoms with E-state index >= 15 is 0 Å². The van der Waals surface area contributed by atoms with E-state index in [1.165, 1.54) is 25.2 Å². The minimum atomic E-state index is -1.01. The van der Waals surface area contributed by atoms with Crippen LogP contribution in [-0.2, 0) is 4.79 Å². The van der Waals surface area contributed by atoms with Crippen LogP contribution >= 0.6 is 11.8 Å². The number of halogens is 1. The van der Waals surface area contributed by atoms with Crippen molar-refractivity contribution >= 4 is 29.1 Å². The number of rotatable bonds is 11. The summed E-state index contributed by atoms with van der Waals surface area (Å²) in [6.45, 7) is 0. The van der Waals surface area contributed by atoms with E-state index in [1.54, 1.807) is 66.7 Å². The molecule has 0 bridgehead atoms. The molecular formula is C28H24FN3O8S. The average Bonchev–Trinajstić information content (AvgIpc) is 2.94. The van der Waals surface area contributed by atoms with Gasteiger partial charge in [-0.1, -0.05) is 48.5 Å². The van der Waals surface area contributed by atoms with Crippen LogP contribution in [0, 0.1) is 26.0 Å². The SMILES string of the molecule is CN[C@@H](CSc1cccc(Oc2ccccc2)c1[N+](=O)[O-])C(=O)O.O=[N+]([O-])c1c(F)cccc1Oc1ccccc1. The Morgan fingerprint density at radius 3 is 1.78 bits per heavy atom. The number of carboxylic acids is 1. The number of benzene rings is 4. The lowest BCUT2D eigenvalue weighted by atomic mass is 10.3. The Kier molecular flexibility index (Phi) is 11.1. The molecule has 1 atom stereocenters. The Morgan fingerprint density at radius 2 is 1.32 bits per heavy atom. The van der Waals surface area contributed by atoms with Crippen molar-refractivity contribution in [2.45, 2.75) is 10.9 Å². The molecule has 4 aromatic carbocycles. The first-order chi connectivity index (χ1) is 19.7. The monoisotopic (exact) mass is 581 g/mol. The molecular weight excluding hydrogens is 557 g/mol. The Morgan fingerprint density at radius 1 is 0.829 bits per heavy atom. The summed E-state index contributed by atoms with van der Waals surface area (Å²) in [5.74, 6) is -0.856. The van der Waals surface area contributed by atoms with Crippen LogP contribution in [0.25, 0.3) is 0 Å². The molecule has 0 aliphatic heterocycles. The highest BCUT2D eigenvalue weighted by Crippen LogP contribution is 2.39. The molecule has 0 unspecified atom stereocenters. The van der Waals surface area contributed by atoms with Crippen molar-refractivity contribution in [3.63, 3.8) is 0 Å². The highest BCUT2D eigenvalue weighted by molar-refractivity contribution is 7.99. The first-order valence-corrected chi connectivity index (χ1v) is 12.9. The highest BCUT2D eigenvalue weighted by Gasteiger charge is 2.24. The number of para-hydroxylation sites is 4. The van der Waals surface area contributed by atoms with Gasteiger partial charge in [-0.3, -0.25) is 25.0 Å². The highest BCUT2D eigenvalue weighted by atomic mass is 32.2. The minimum Gasteiger partial charge on any atom is -0.480 e. The normalized spacial score (nSPS) is 11.0. The van der Waals surface area contributed by atoms with Crippen LogP contribution in [0.2, 0.25) is 0 Å². The van der Waals surface area contributed by atoms with Crippen LogP contribution in [0.1, 0.15) is 0 Å². The number of likely N-dealkylation sites (N-methyl/N-ethyl adjacent to an activating group) is 1. The molecule has 212 valence electrons. The number of nitrogens with zero attached hydrogens (tertiary/aromatic N) is 2. The van der Waals surface area contributed by atoms with Gasteiger partial charge in [0.05, 0.1) is 14.7 Å². The predicted octanol–water partition coefficient (Wildman–Crippen LogP) is 6.68. The van der Waals surface area contributed by atoms with Crippen LogP contribution in [0.15, 0.2) is 102 Å². The summed E-state index contributed by atoms with van der Waals surface area (Å²) in [5.41, 5.74) is -0.831. The van der Waals surface area contributed by atoms with Gasteiger partial charge in [0.25, 0.3) is 0 Å². The Hall–Kier alpha value is -5.01. The summed E-state index contributed by atoms with van der Waals surface area (Å²) in [5, 5.41) is 33.9. The topological polar surface area (TPSA) is 154 Å². The van der Waals surface area contributed by atoms with E-state index in [0.717, 1.165) is 17.8 Å². The molecule has 0 saturated carbocycles. The number of hydrogen-bond donors (Lipinski definition) is 2. The van der Waals surface area contributed by atoms with Crippen molar-refractivity contribution in [1.29, 1.82) is 0 Å². The molecule has 0 heterocycles. The van der Waals surface area contributed by atoms with E-state index in [2.05, 4.69) is 5.32 Å². The van der Waals surface area contributed by atoms with Gasteiger partial charge in [-0.05, 0) is 55.6 Å². The summed E-state index contributed by atoms with van der Waals surface area (Å²) < 4.78 is 24.2. The summed E-state index contributed by atoms with van der Waals surface area (Å²) in [7, 11) is 1.53. The van der Waals surface area contributed by atoms with Crippen molar-refractivity contribution in [2.75, 3.05) is 12.8 Å². The Bertz CT molecular complexity index is 1490. The summed E-state index contributed by atoms with van der Waals surface area (Å²) >= 11 is 1.10. The van der Waals surface area contributed by atoms with Crippen molar-refractivity contribution in [1.82, 2.24) is 5.32 Å². The third kappa shape index (κ3) is 8.74. The number of nitro groups is 2. The number of carboxylic acid groups (broad SMARTS) is 1. The fourth-order valence-electron chi connectivity index (χ4n) is 3.32. The number of aliphatic carboxylic acids is 1. The van der Waals surface area contributed by atoms with Crippen LogP contribution in [0.4, 0.5) is 15.8 Å². The van der Waals surface area contributed by atoms with Crippen molar-refractivity contribution in [3.05, 3.63) is 123 Å². The quantitative estimate of drug-likeness (QED) is 0.111. The molecule has 0 saturated heterocycles. The maximum Gasteiger partial charge on any atom is 0.346 e. The van der Waals surface area contributed by atoms with E-state index in [4.69, 9.17) is 14.6 Å². The number of ether oxygens (including phenoxy) is 2. The minimum absolute atomic E-state index is 0.110. The summed E-state index contributed by atoms with van der Waals surface area (Å²) in [6.07, 6.45) is 0. The molecule has 0 aliphatic carbocycles. The maximum absolute atomic E-state index is 13.3. The van der Waals surface area contributed by atoms with Gasteiger partial charge < -0.3 is 19.9 Å². The molecule has 0 spiro atoms. The maximum atomic E-state index is 13.3. The number of nitro benzene ring substituents is 2. The van der Waals surface area contributed by atoms with Crippen molar-refractivity contribution < 1.29 is 33.6 Å². The van der Waals surface area contributed by atoms with Crippen LogP contribution in [0.5, 0.6) is 23.0 Å². The van der Waals surface area contributed by atoms with Crippen LogP contribution in [-0.4, -0.2) is 39.8 Å². The largest absolute Gasteiger partial charge is 0.480 e. The first kappa shape index (κ1) is 30.5. The van der Waals surface area contributed by atoms with Crippen molar-refractivity contribution in [3.8, 4) is 23.0 Å². The van der Waals surface area contributed by atoms with E-state index in [1.807, 2.05) is 6.07 Å². The van der Waals surface area contributed by atoms with Gasteiger partial charge in [0.2, 0.25) is 17.3 Å². The predicted molar refractivity (Wildman–Crippen MR) is 150 cm³/mol. The molecule has 0 fully saturated rings. The van der Waals surface area contributed by atoms with Gasteiger partial charge >= 0.3 is 17.3 Å². The Balaban J connectivity index is 0.000000239. The molecule has 13 heteroatoms. The molecule has 4 aromatic rings. The molecule has 4 rings (SSSR count). The molecule has 0 amide bonds. The van der Waals surface area contributed by atoms with Gasteiger partial charge in [0.1, 0.15) is 17.5 Å². The lowest BCUT2D eigenvalue weighted by molar-refractivity contribution is -0.388. The van der Waals surface area contributed by atoms with E-state index in [9.17, 15) is 29.4 Å². The van der Waals surface area contributed by atoms with Gasteiger partial charge in [-0.2, -0.15) is 4.39 Å². The first-order valence-electron chi connectivity index (χ1n) is 11.9. The third-order valence-corrected chi connectivity index (χ3v) is 6.41. The smallest absolute Gasteiger partial charge is 0.346 e. The molecule has 0 aliphatic rings. The molecule has 0 aromatic heterocycles. The van der Waals surface area contributed by atoms with E-state index in [0.29, 0.717) is 16.4 Å². The van der Waals surface area contributed by atoms with Gasteiger partial charge in [-0.25, -0.2) is 0 Å². The molecule has 0 radical (unpaired) electrons. The standard InChI is InChI=1S/C16H16N2O5S.C12H8FNO3/c1-17-12(16(19)20)10-24-14-9-5-8-13(15(14)18(21)22)23-11-6-3-2-4-7-11;13-10-7-4-8-11(12(10)14(15)16)17-9-5-2-1-3-6-9/h2-9,12,17H,10H2,1H3,(H,19,20);1-8H/t12-;/m0./s1. The van der Waals surface area contributed by atoms with Gasteiger partial charge in [0, 0.05) is 5.75 Å². The van der Waals surface area contributed by atoms with Crippen LogP contribution < -0.4 is 14.8 Å². The number of carbonyl (C=O) groups is 1. The Labute approximate surface area is 237 Å².